The number of carbonyl (C=O) groups excluding carboxylic acids is 1. The number of rotatable bonds is 9. The van der Waals surface area contributed by atoms with Gasteiger partial charge in [0.15, 0.2) is 6.61 Å². The molecule has 0 aromatic heterocycles. The van der Waals surface area contributed by atoms with E-state index in [1.807, 2.05) is 78.9 Å². The zero-order valence-corrected chi connectivity index (χ0v) is 19.0. The number of aryl methyl sites for hydroxylation is 1. The van der Waals surface area contributed by atoms with Crippen molar-refractivity contribution in [3.8, 4) is 22.6 Å². The minimum Gasteiger partial charge on any atom is -0.489 e. The van der Waals surface area contributed by atoms with Gasteiger partial charge in [0.25, 0.3) is 5.91 Å². The Hall–Kier alpha value is -4.38. The van der Waals surface area contributed by atoms with Gasteiger partial charge in [-0.25, -0.2) is 5.43 Å². The van der Waals surface area contributed by atoms with E-state index in [2.05, 4.69) is 41.7 Å². The predicted molar refractivity (Wildman–Crippen MR) is 135 cm³/mol. The van der Waals surface area contributed by atoms with Gasteiger partial charge in [0.05, 0.1) is 6.21 Å². The number of hydrogen-bond acceptors (Lipinski definition) is 4. The van der Waals surface area contributed by atoms with E-state index in [1.54, 1.807) is 6.21 Å². The number of carbonyl (C=O) groups is 1. The average molecular weight is 451 g/mol. The lowest BCUT2D eigenvalue weighted by molar-refractivity contribution is -0.123. The van der Waals surface area contributed by atoms with Crippen LogP contribution in [-0.4, -0.2) is 18.7 Å². The van der Waals surface area contributed by atoms with Gasteiger partial charge in [-0.05, 0) is 65.6 Å². The summed E-state index contributed by atoms with van der Waals surface area (Å²) in [5, 5.41) is 3.99. The molecule has 0 atom stereocenters. The number of nitrogens with one attached hydrogen (secondary N) is 1. The number of nitrogens with zero attached hydrogens (tertiary/aromatic N) is 1. The van der Waals surface area contributed by atoms with Gasteiger partial charge in [0.2, 0.25) is 0 Å². The van der Waals surface area contributed by atoms with Crippen LogP contribution in [0.5, 0.6) is 11.5 Å². The lowest BCUT2D eigenvalue weighted by Gasteiger charge is -2.07. The van der Waals surface area contributed by atoms with Crippen molar-refractivity contribution in [1.29, 1.82) is 0 Å². The fraction of sp³-hybridized carbons (Fsp3) is 0.103. The average Bonchev–Trinajstić information content (AvgIpc) is 2.89. The van der Waals surface area contributed by atoms with Gasteiger partial charge in [-0.1, -0.05) is 72.3 Å². The van der Waals surface area contributed by atoms with Gasteiger partial charge in [0, 0.05) is 0 Å². The van der Waals surface area contributed by atoms with Gasteiger partial charge in [-0.2, -0.15) is 5.10 Å². The molecule has 5 nitrogen and oxygen atoms in total. The Bertz CT molecular complexity index is 1220. The van der Waals surface area contributed by atoms with Crippen molar-refractivity contribution in [1.82, 2.24) is 5.43 Å². The molecule has 0 radical (unpaired) electrons. The maximum absolute atomic E-state index is 12.0. The molecule has 0 unspecified atom stereocenters. The van der Waals surface area contributed by atoms with E-state index < -0.39 is 0 Å². The van der Waals surface area contributed by atoms with Crippen molar-refractivity contribution < 1.29 is 14.3 Å². The largest absolute Gasteiger partial charge is 0.489 e. The number of hydrogen-bond donors (Lipinski definition) is 1. The summed E-state index contributed by atoms with van der Waals surface area (Å²) in [7, 11) is 0. The Balaban J connectivity index is 1.19. The van der Waals surface area contributed by atoms with E-state index in [1.165, 1.54) is 5.56 Å². The number of ether oxygens (including phenoxy) is 2. The quantitative estimate of drug-likeness (QED) is 0.260. The highest BCUT2D eigenvalue weighted by atomic mass is 16.5. The third kappa shape index (κ3) is 6.81. The van der Waals surface area contributed by atoms with Crippen LogP contribution in [0.15, 0.2) is 108 Å². The maximum atomic E-state index is 12.0. The molecular formula is C29H26N2O3. The number of amides is 1. The molecule has 4 aromatic carbocycles. The van der Waals surface area contributed by atoms with Crippen LogP contribution in [0.2, 0.25) is 0 Å². The Labute approximate surface area is 199 Å². The Morgan fingerprint density at radius 2 is 1.38 bits per heavy atom. The van der Waals surface area contributed by atoms with E-state index >= 15 is 0 Å². The van der Waals surface area contributed by atoms with Crippen molar-refractivity contribution in [2.75, 3.05) is 6.61 Å². The summed E-state index contributed by atoms with van der Waals surface area (Å²) < 4.78 is 11.3. The first-order valence-electron chi connectivity index (χ1n) is 11.0. The summed E-state index contributed by atoms with van der Waals surface area (Å²) in [6.45, 7) is 2.46. The summed E-state index contributed by atoms with van der Waals surface area (Å²) in [6, 6.07) is 33.5. The Kier molecular flexibility index (Phi) is 7.70. The third-order valence-corrected chi connectivity index (χ3v) is 5.14. The lowest BCUT2D eigenvalue weighted by atomic mass is 10.1. The molecular weight excluding hydrogens is 424 g/mol. The molecule has 0 aliphatic rings. The molecule has 0 bridgehead atoms. The minimum atomic E-state index is -0.332. The molecule has 170 valence electrons. The second-order valence-electron chi connectivity index (χ2n) is 7.82. The van der Waals surface area contributed by atoms with Gasteiger partial charge in [-0.15, -0.1) is 0 Å². The van der Waals surface area contributed by atoms with Crippen molar-refractivity contribution in [2.24, 2.45) is 5.10 Å². The van der Waals surface area contributed by atoms with Crippen molar-refractivity contribution in [2.45, 2.75) is 13.5 Å². The maximum Gasteiger partial charge on any atom is 0.277 e. The van der Waals surface area contributed by atoms with Crippen LogP contribution in [0.1, 0.15) is 16.7 Å². The highest BCUT2D eigenvalue weighted by molar-refractivity contribution is 5.83. The lowest BCUT2D eigenvalue weighted by Crippen LogP contribution is -2.24. The summed E-state index contributed by atoms with van der Waals surface area (Å²) in [5.41, 5.74) is 7.89. The molecule has 0 saturated heterocycles. The topological polar surface area (TPSA) is 59.9 Å². The summed E-state index contributed by atoms with van der Waals surface area (Å²) in [6.07, 6.45) is 1.58. The normalized spacial score (nSPS) is 10.7. The predicted octanol–water partition coefficient (Wildman–Crippen LogP) is 5.77. The molecule has 5 heteroatoms. The number of benzene rings is 4. The molecule has 0 aliphatic carbocycles. The van der Waals surface area contributed by atoms with Crippen LogP contribution in [0.25, 0.3) is 11.1 Å². The summed E-state index contributed by atoms with van der Waals surface area (Å²) >= 11 is 0. The van der Waals surface area contributed by atoms with Gasteiger partial charge in [0.1, 0.15) is 18.1 Å². The SMILES string of the molecule is Cc1ccc(COc2ccc(/C=N\NC(=O)COc3ccc(-c4ccccc4)cc3)cc2)cc1. The van der Waals surface area contributed by atoms with E-state index in [9.17, 15) is 4.79 Å². The molecule has 0 aliphatic heterocycles. The first kappa shape index (κ1) is 22.8. The third-order valence-electron chi connectivity index (χ3n) is 5.14. The van der Waals surface area contributed by atoms with Crippen LogP contribution in [0.3, 0.4) is 0 Å². The van der Waals surface area contributed by atoms with Crippen LogP contribution in [0, 0.1) is 6.92 Å². The van der Waals surface area contributed by atoms with Gasteiger partial charge >= 0.3 is 0 Å². The second-order valence-corrected chi connectivity index (χ2v) is 7.82. The van der Waals surface area contributed by atoms with Gasteiger partial charge in [-0.3, -0.25) is 4.79 Å². The van der Waals surface area contributed by atoms with Crippen molar-refractivity contribution in [3.63, 3.8) is 0 Å². The van der Waals surface area contributed by atoms with E-state index in [-0.39, 0.29) is 12.5 Å². The molecule has 0 saturated carbocycles. The highest BCUT2D eigenvalue weighted by Crippen LogP contribution is 2.22. The molecule has 1 amide bonds. The van der Waals surface area contributed by atoms with Crippen molar-refractivity contribution in [3.05, 3.63) is 120 Å². The molecule has 4 rings (SSSR count). The standard InChI is InChI=1S/C29H26N2O3/c1-22-7-9-24(10-8-22)20-33-27-15-11-23(12-16-27)19-30-31-29(32)21-34-28-17-13-26(14-18-28)25-5-3-2-4-6-25/h2-19H,20-21H2,1H3,(H,31,32)/b30-19-. The van der Waals surface area contributed by atoms with E-state index in [0.29, 0.717) is 12.4 Å². The van der Waals surface area contributed by atoms with Crippen molar-refractivity contribution >= 4 is 12.1 Å². The molecule has 0 heterocycles. The molecule has 1 N–H and O–H groups in total. The molecule has 0 spiro atoms. The van der Waals surface area contributed by atoms with E-state index in [0.717, 1.165) is 28.0 Å². The van der Waals surface area contributed by atoms with Gasteiger partial charge < -0.3 is 9.47 Å². The number of hydrazone groups is 1. The fourth-order valence-electron chi connectivity index (χ4n) is 3.24. The van der Waals surface area contributed by atoms with E-state index in [4.69, 9.17) is 9.47 Å². The summed E-state index contributed by atoms with van der Waals surface area (Å²) in [5.74, 6) is 1.06. The van der Waals surface area contributed by atoms with Crippen LogP contribution < -0.4 is 14.9 Å². The summed E-state index contributed by atoms with van der Waals surface area (Å²) in [4.78, 5) is 12.0. The Morgan fingerprint density at radius 1 is 0.765 bits per heavy atom. The second kappa shape index (κ2) is 11.5. The molecule has 34 heavy (non-hydrogen) atoms. The van der Waals surface area contributed by atoms with Crippen LogP contribution >= 0.6 is 0 Å². The Morgan fingerprint density at radius 3 is 2.09 bits per heavy atom. The smallest absolute Gasteiger partial charge is 0.277 e. The minimum absolute atomic E-state index is 0.117. The molecule has 4 aromatic rings. The highest BCUT2D eigenvalue weighted by Gasteiger charge is 2.03. The first-order chi connectivity index (χ1) is 16.7. The van der Waals surface area contributed by atoms with Crippen LogP contribution in [0.4, 0.5) is 0 Å². The zero-order chi connectivity index (χ0) is 23.6. The molecule has 0 fully saturated rings. The fourth-order valence-corrected chi connectivity index (χ4v) is 3.24. The first-order valence-corrected chi connectivity index (χ1v) is 11.0. The zero-order valence-electron chi connectivity index (χ0n) is 19.0. The van der Waals surface area contributed by atoms with Crippen LogP contribution in [-0.2, 0) is 11.4 Å². The monoisotopic (exact) mass is 450 g/mol.